The molecule has 0 saturated carbocycles. The van der Waals surface area contributed by atoms with E-state index in [1.54, 1.807) is 19.2 Å². The predicted molar refractivity (Wildman–Crippen MR) is 113 cm³/mol. The van der Waals surface area contributed by atoms with Crippen LogP contribution in [0.2, 0.25) is 0 Å². The second-order valence-electron chi connectivity index (χ2n) is 6.79. The third-order valence-electron chi connectivity index (χ3n) is 4.53. The summed E-state index contributed by atoms with van der Waals surface area (Å²) in [7, 11) is 0. The molecule has 3 heterocycles. The van der Waals surface area contributed by atoms with Crippen molar-refractivity contribution in [2.24, 2.45) is 0 Å². The van der Waals surface area contributed by atoms with E-state index in [0.29, 0.717) is 29.6 Å². The summed E-state index contributed by atoms with van der Waals surface area (Å²) in [4.78, 5) is 17.4. The highest BCUT2D eigenvalue weighted by Gasteiger charge is 2.15. The van der Waals surface area contributed by atoms with Crippen LogP contribution in [-0.4, -0.2) is 30.1 Å². The first-order chi connectivity index (χ1) is 15.0. The summed E-state index contributed by atoms with van der Waals surface area (Å²) in [5.41, 5.74) is 1.80. The van der Waals surface area contributed by atoms with Gasteiger partial charge in [-0.25, -0.2) is 8.78 Å². The van der Waals surface area contributed by atoms with Gasteiger partial charge in [0, 0.05) is 30.3 Å². The number of hydrogen-bond donors (Lipinski definition) is 3. The van der Waals surface area contributed by atoms with Crippen molar-refractivity contribution in [1.82, 2.24) is 30.1 Å². The highest BCUT2D eigenvalue weighted by atomic mass is 19.1. The van der Waals surface area contributed by atoms with Crippen LogP contribution < -0.4 is 10.6 Å². The van der Waals surface area contributed by atoms with Crippen LogP contribution in [-0.2, 0) is 6.42 Å². The smallest absolute Gasteiger partial charge is 0.233 e. The first-order valence-corrected chi connectivity index (χ1v) is 9.72. The van der Waals surface area contributed by atoms with Crippen LogP contribution in [0.1, 0.15) is 31.3 Å². The summed E-state index contributed by atoms with van der Waals surface area (Å²) in [6.45, 7) is 3.66. The maximum atomic E-state index is 14.1. The minimum atomic E-state index is -0.637. The molecule has 158 valence electrons. The average molecular weight is 422 g/mol. The average Bonchev–Trinajstić information content (AvgIpc) is 3.22. The number of nitrogens with one attached hydrogen (secondary N) is 3. The van der Waals surface area contributed by atoms with Crippen LogP contribution in [0, 0.1) is 11.6 Å². The van der Waals surface area contributed by atoms with Crippen LogP contribution in [0.5, 0.6) is 0 Å². The second-order valence-corrected chi connectivity index (χ2v) is 6.79. The Hall–Kier alpha value is -3.95. The standard InChI is InChI=1S/C21H20F2N8/c1-3-18-26-20(25-12(2)14-8-7-13(22)10-15(14)23)29-21(27-18)28-19-11-17(30-31-19)16-6-4-5-9-24-16/h4-12H,3H2,1-2H3,(H3,25,26,27,28,29,30,31). The maximum absolute atomic E-state index is 14.1. The lowest BCUT2D eigenvalue weighted by Crippen LogP contribution is -2.14. The van der Waals surface area contributed by atoms with Gasteiger partial charge in [0.25, 0.3) is 0 Å². The van der Waals surface area contributed by atoms with Crippen molar-refractivity contribution < 1.29 is 8.78 Å². The molecule has 0 aliphatic carbocycles. The van der Waals surface area contributed by atoms with Crippen molar-refractivity contribution >= 4 is 17.7 Å². The van der Waals surface area contributed by atoms with Gasteiger partial charge >= 0.3 is 0 Å². The van der Waals surface area contributed by atoms with Crippen LogP contribution in [0.4, 0.5) is 26.5 Å². The quantitative estimate of drug-likeness (QED) is 0.405. The molecule has 4 rings (SSSR count). The summed E-state index contributed by atoms with van der Waals surface area (Å²) < 4.78 is 27.3. The zero-order valence-corrected chi connectivity index (χ0v) is 16.9. The van der Waals surface area contributed by atoms with Crippen molar-refractivity contribution in [2.75, 3.05) is 10.6 Å². The van der Waals surface area contributed by atoms with Gasteiger partial charge in [0.05, 0.1) is 17.4 Å². The molecule has 31 heavy (non-hydrogen) atoms. The monoisotopic (exact) mass is 422 g/mol. The Morgan fingerprint density at radius 2 is 1.87 bits per heavy atom. The number of nitrogens with zero attached hydrogens (tertiary/aromatic N) is 5. The van der Waals surface area contributed by atoms with E-state index in [0.717, 1.165) is 17.5 Å². The van der Waals surface area contributed by atoms with Crippen LogP contribution in [0.3, 0.4) is 0 Å². The zero-order valence-electron chi connectivity index (χ0n) is 16.9. The largest absolute Gasteiger partial charge is 0.347 e. The number of aromatic nitrogens is 6. The van der Waals surface area contributed by atoms with Crippen LogP contribution in [0.15, 0.2) is 48.7 Å². The van der Waals surface area contributed by atoms with Gasteiger partial charge in [-0.2, -0.15) is 20.1 Å². The minimum Gasteiger partial charge on any atom is -0.347 e. The number of benzene rings is 1. The Morgan fingerprint density at radius 1 is 1.03 bits per heavy atom. The molecule has 0 radical (unpaired) electrons. The number of anilines is 3. The molecule has 1 atom stereocenters. The normalized spacial score (nSPS) is 11.9. The number of hydrogen-bond acceptors (Lipinski definition) is 7. The van der Waals surface area contributed by atoms with Crippen LogP contribution in [0.25, 0.3) is 11.4 Å². The molecule has 0 fully saturated rings. The van der Waals surface area contributed by atoms with Crippen molar-refractivity contribution in [3.8, 4) is 11.4 Å². The second kappa shape index (κ2) is 8.82. The summed E-state index contributed by atoms with van der Waals surface area (Å²) in [5.74, 6) is 0.357. The summed E-state index contributed by atoms with van der Waals surface area (Å²) in [6, 6.07) is 10.4. The van der Waals surface area contributed by atoms with E-state index in [2.05, 4.69) is 40.8 Å². The fourth-order valence-corrected chi connectivity index (χ4v) is 2.98. The Labute approximate surface area is 177 Å². The van der Waals surface area contributed by atoms with E-state index in [1.807, 2.05) is 25.1 Å². The lowest BCUT2D eigenvalue weighted by molar-refractivity contribution is 0.566. The van der Waals surface area contributed by atoms with Gasteiger partial charge in [0.15, 0.2) is 5.82 Å². The summed E-state index contributed by atoms with van der Waals surface area (Å²) >= 11 is 0. The first-order valence-electron chi connectivity index (χ1n) is 9.72. The van der Waals surface area contributed by atoms with Gasteiger partial charge in [-0.05, 0) is 25.1 Å². The highest BCUT2D eigenvalue weighted by molar-refractivity contribution is 5.61. The summed E-state index contributed by atoms with van der Waals surface area (Å²) in [6.07, 6.45) is 2.27. The van der Waals surface area contributed by atoms with Gasteiger partial charge < -0.3 is 10.6 Å². The number of H-pyrrole nitrogens is 1. The molecule has 3 N–H and O–H groups in total. The number of halogens is 2. The molecule has 10 heteroatoms. The third-order valence-corrected chi connectivity index (χ3v) is 4.53. The van der Waals surface area contributed by atoms with Crippen molar-refractivity contribution in [3.63, 3.8) is 0 Å². The predicted octanol–water partition coefficient (Wildman–Crippen LogP) is 4.41. The van der Waals surface area contributed by atoms with E-state index in [-0.39, 0.29) is 5.95 Å². The van der Waals surface area contributed by atoms with Gasteiger partial charge in [-0.3, -0.25) is 10.1 Å². The molecule has 4 aromatic rings. The maximum Gasteiger partial charge on any atom is 0.233 e. The van der Waals surface area contributed by atoms with E-state index >= 15 is 0 Å². The van der Waals surface area contributed by atoms with Gasteiger partial charge in [-0.15, -0.1) is 0 Å². The fraction of sp³-hybridized carbons (Fsp3) is 0.190. The third kappa shape index (κ3) is 4.80. The number of aryl methyl sites for hydroxylation is 1. The van der Waals surface area contributed by atoms with Gasteiger partial charge in [0.1, 0.15) is 17.5 Å². The minimum absolute atomic E-state index is 0.270. The first kappa shape index (κ1) is 20.3. The lowest BCUT2D eigenvalue weighted by Gasteiger charge is -2.16. The van der Waals surface area contributed by atoms with E-state index < -0.39 is 17.7 Å². The number of rotatable bonds is 7. The summed E-state index contributed by atoms with van der Waals surface area (Å²) in [5, 5.41) is 13.2. The molecule has 0 aliphatic heterocycles. The van der Waals surface area contributed by atoms with E-state index in [4.69, 9.17) is 0 Å². The SMILES string of the molecule is CCc1nc(Nc2cc(-c3ccccn3)[nH]n2)nc(NC(C)c2ccc(F)cc2F)n1. The van der Waals surface area contributed by atoms with Crippen molar-refractivity contribution in [2.45, 2.75) is 26.3 Å². The molecule has 1 unspecified atom stereocenters. The van der Waals surface area contributed by atoms with Gasteiger partial charge in [-0.1, -0.05) is 19.1 Å². The van der Waals surface area contributed by atoms with E-state index in [9.17, 15) is 8.78 Å². The molecular formula is C21H20F2N8. The highest BCUT2D eigenvalue weighted by Crippen LogP contribution is 2.23. The molecule has 8 nitrogen and oxygen atoms in total. The fourth-order valence-electron chi connectivity index (χ4n) is 2.98. The molecule has 0 aliphatic rings. The Bertz CT molecular complexity index is 1180. The topological polar surface area (TPSA) is 104 Å². The molecular weight excluding hydrogens is 402 g/mol. The Morgan fingerprint density at radius 3 is 2.61 bits per heavy atom. The molecule has 3 aromatic heterocycles. The van der Waals surface area contributed by atoms with Gasteiger partial charge in [0.2, 0.25) is 11.9 Å². The lowest BCUT2D eigenvalue weighted by atomic mass is 10.1. The van der Waals surface area contributed by atoms with E-state index in [1.165, 1.54) is 12.1 Å². The molecule has 0 bridgehead atoms. The van der Waals surface area contributed by atoms with Crippen molar-refractivity contribution in [3.05, 3.63) is 71.7 Å². The molecule has 0 amide bonds. The number of pyridine rings is 1. The number of aromatic amines is 1. The van der Waals surface area contributed by atoms with Crippen LogP contribution >= 0.6 is 0 Å². The van der Waals surface area contributed by atoms with Crippen molar-refractivity contribution in [1.29, 1.82) is 0 Å². The zero-order chi connectivity index (χ0) is 21.8. The molecule has 1 aromatic carbocycles. The molecule has 0 saturated heterocycles. The molecule has 0 spiro atoms. The Kier molecular flexibility index (Phi) is 5.78. The Balaban J connectivity index is 1.54.